The third kappa shape index (κ3) is 4.40. The van der Waals surface area contributed by atoms with E-state index in [-0.39, 0.29) is 0 Å². The quantitative estimate of drug-likeness (QED) is 0.427. The van der Waals surface area contributed by atoms with E-state index in [1.165, 1.54) is 11.1 Å². The van der Waals surface area contributed by atoms with Gasteiger partial charge in [0.1, 0.15) is 0 Å². The van der Waals surface area contributed by atoms with Crippen LogP contribution in [0.25, 0.3) is 17.1 Å². The zero-order chi connectivity index (χ0) is 24.5. The van der Waals surface area contributed by atoms with Crippen LogP contribution in [-0.4, -0.2) is 52.6 Å². The molecule has 6 rings (SSSR count). The summed E-state index contributed by atoms with van der Waals surface area (Å²) in [6.45, 7) is 9.91. The summed E-state index contributed by atoms with van der Waals surface area (Å²) >= 11 is 0. The highest BCUT2D eigenvalue weighted by molar-refractivity contribution is 5.73. The molecule has 1 fully saturated rings. The average molecular weight is 481 g/mol. The van der Waals surface area contributed by atoms with Gasteiger partial charge < -0.3 is 20.4 Å². The Morgan fingerprint density at radius 1 is 0.972 bits per heavy atom. The summed E-state index contributed by atoms with van der Waals surface area (Å²) in [5.41, 5.74) is 5.64. The van der Waals surface area contributed by atoms with Gasteiger partial charge in [0.15, 0.2) is 17.5 Å². The lowest BCUT2D eigenvalue weighted by atomic mass is 9.97. The van der Waals surface area contributed by atoms with Crippen molar-refractivity contribution < 1.29 is 0 Å². The zero-order valence-electron chi connectivity index (χ0n) is 20.9. The smallest absolute Gasteiger partial charge is 0.161 e. The van der Waals surface area contributed by atoms with E-state index < -0.39 is 0 Å². The molecule has 4 aromatic rings. The van der Waals surface area contributed by atoms with Gasteiger partial charge in [0.2, 0.25) is 0 Å². The fourth-order valence-corrected chi connectivity index (χ4v) is 4.95. The Bertz CT molecular complexity index is 1340. The molecule has 2 aliphatic rings. The number of piperazine rings is 1. The largest absolute Gasteiger partial charge is 0.363 e. The first-order chi connectivity index (χ1) is 17.7. The number of hydrogen-bond donors (Lipinski definition) is 2. The summed E-state index contributed by atoms with van der Waals surface area (Å²) in [4.78, 5) is 14.3. The molecule has 0 spiro atoms. The zero-order valence-corrected chi connectivity index (χ0v) is 20.9. The SMILES string of the molecule is CC(C)c1ccccc1-c1ncc2c(n1)N(Cc1ccc(-n3ccc(N4CCNCC4)n3)cc1)CN2. The molecule has 0 unspecified atom stereocenters. The molecule has 8 heteroatoms. The maximum atomic E-state index is 4.99. The normalized spacial score (nSPS) is 15.3. The van der Waals surface area contributed by atoms with E-state index in [9.17, 15) is 0 Å². The van der Waals surface area contributed by atoms with Gasteiger partial charge in [0, 0.05) is 50.6 Å². The number of benzene rings is 2. The molecular weight excluding hydrogens is 448 g/mol. The van der Waals surface area contributed by atoms with Crippen molar-refractivity contribution in [1.29, 1.82) is 0 Å². The van der Waals surface area contributed by atoms with E-state index in [4.69, 9.17) is 10.1 Å². The maximum Gasteiger partial charge on any atom is 0.161 e. The summed E-state index contributed by atoms with van der Waals surface area (Å²) in [7, 11) is 0. The van der Waals surface area contributed by atoms with Crippen LogP contribution >= 0.6 is 0 Å². The van der Waals surface area contributed by atoms with Crippen LogP contribution in [0.4, 0.5) is 17.3 Å². The number of hydrogen-bond acceptors (Lipinski definition) is 7. The van der Waals surface area contributed by atoms with E-state index in [1.807, 2.05) is 17.1 Å². The van der Waals surface area contributed by atoms with E-state index >= 15 is 0 Å². The van der Waals surface area contributed by atoms with Gasteiger partial charge in [-0.25, -0.2) is 14.6 Å². The molecule has 0 aliphatic carbocycles. The number of aromatic nitrogens is 4. The second kappa shape index (κ2) is 9.62. The third-order valence-corrected chi connectivity index (χ3v) is 6.94. The van der Waals surface area contributed by atoms with E-state index in [0.717, 1.165) is 67.1 Å². The molecule has 0 saturated carbocycles. The van der Waals surface area contributed by atoms with Gasteiger partial charge in [-0.15, -0.1) is 0 Å². The number of fused-ring (bicyclic) bond motifs is 1. The predicted octanol–water partition coefficient (Wildman–Crippen LogP) is 4.25. The van der Waals surface area contributed by atoms with Gasteiger partial charge in [-0.2, -0.15) is 5.10 Å². The molecule has 0 bridgehead atoms. The number of nitrogens with zero attached hydrogens (tertiary/aromatic N) is 6. The van der Waals surface area contributed by atoms with Gasteiger partial charge in [-0.05, 0) is 29.2 Å². The molecule has 0 radical (unpaired) electrons. The lowest BCUT2D eigenvalue weighted by Crippen LogP contribution is -2.43. The van der Waals surface area contributed by atoms with Crippen molar-refractivity contribution >= 4 is 17.3 Å². The van der Waals surface area contributed by atoms with Crippen LogP contribution in [0.1, 0.15) is 30.9 Å². The van der Waals surface area contributed by atoms with Gasteiger partial charge >= 0.3 is 0 Å². The van der Waals surface area contributed by atoms with Crippen molar-refractivity contribution in [1.82, 2.24) is 25.1 Å². The summed E-state index contributed by atoms with van der Waals surface area (Å²) in [5.74, 6) is 3.18. The van der Waals surface area contributed by atoms with Crippen molar-refractivity contribution in [2.45, 2.75) is 26.3 Å². The molecule has 184 valence electrons. The van der Waals surface area contributed by atoms with Crippen LogP contribution < -0.4 is 20.4 Å². The van der Waals surface area contributed by atoms with Crippen molar-refractivity contribution in [3.63, 3.8) is 0 Å². The first-order valence-electron chi connectivity index (χ1n) is 12.7. The fourth-order valence-electron chi connectivity index (χ4n) is 4.95. The fraction of sp³-hybridized carbons (Fsp3) is 0.321. The Balaban J connectivity index is 1.19. The summed E-state index contributed by atoms with van der Waals surface area (Å²) < 4.78 is 1.96. The highest BCUT2D eigenvalue weighted by atomic mass is 15.4. The van der Waals surface area contributed by atoms with Crippen molar-refractivity contribution in [3.8, 4) is 17.1 Å². The maximum absolute atomic E-state index is 4.99. The first kappa shape index (κ1) is 22.5. The van der Waals surface area contributed by atoms with Crippen LogP contribution in [0, 0.1) is 0 Å². The Morgan fingerprint density at radius 3 is 2.58 bits per heavy atom. The second-order valence-corrected chi connectivity index (χ2v) is 9.73. The number of nitrogens with one attached hydrogen (secondary N) is 2. The minimum Gasteiger partial charge on any atom is -0.363 e. The molecular formula is C28H32N8. The first-order valence-corrected chi connectivity index (χ1v) is 12.7. The standard InChI is InChI=1S/C28H32N8/c1-20(2)23-5-3-4-6-24(23)27-30-17-25-28(32-27)35(19-31-25)18-21-7-9-22(10-8-21)36-14-11-26(33-36)34-15-12-29-13-16-34/h3-11,14,17,20,29,31H,12-13,15-16,18-19H2,1-2H3. The molecule has 2 N–H and O–H groups in total. The van der Waals surface area contributed by atoms with Gasteiger partial charge in [0.05, 0.1) is 24.2 Å². The van der Waals surface area contributed by atoms with E-state index in [0.29, 0.717) is 12.6 Å². The Morgan fingerprint density at radius 2 is 1.78 bits per heavy atom. The van der Waals surface area contributed by atoms with Crippen LogP contribution in [0.2, 0.25) is 0 Å². The topological polar surface area (TPSA) is 74.1 Å². The van der Waals surface area contributed by atoms with Gasteiger partial charge in [-0.1, -0.05) is 50.2 Å². The average Bonchev–Trinajstić information content (AvgIpc) is 3.57. The molecule has 2 aromatic heterocycles. The minimum absolute atomic E-state index is 0.411. The van der Waals surface area contributed by atoms with Crippen molar-refractivity contribution in [3.05, 3.63) is 78.1 Å². The monoisotopic (exact) mass is 480 g/mol. The van der Waals surface area contributed by atoms with Crippen LogP contribution in [0.15, 0.2) is 67.0 Å². The minimum atomic E-state index is 0.411. The molecule has 8 nitrogen and oxygen atoms in total. The molecule has 2 aromatic carbocycles. The van der Waals surface area contributed by atoms with Crippen molar-refractivity contribution in [2.24, 2.45) is 0 Å². The molecule has 1 saturated heterocycles. The number of rotatable bonds is 6. The highest BCUT2D eigenvalue weighted by Crippen LogP contribution is 2.34. The van der Waals surface area contributed by atoms with Crippen LogP contribution in [-0.2, 0) is 6.54 Å². The Hall–Kier alpha value is -3.91. The van der Waals surface area contributed by atoms with Gasteiger partial charge in [0.25, 0.3) is 0 Å². The molecule has 2 aliphatic heterocycles. The molecule has 36 heavy (non-hydrogen) atoms. The predicted molar refractivity (Wildman–Crippen MR) is 145 cm³/mol. The lowest BCUT2D eigenvalue weighted by Gasteiger charge is -2.27. The second-order valence-electron chi connectivity index (χ2n) is 9.73. The Labute approximate surface area is 212 Å². The highest BCUT2D eigenvalue weighted by Gasteiger charge is 2.23. The van der Waals surface area contributed by atoms with Crippen LogP contribution in [0.3, 0.4) is 0 Å². The molecule has 0 atom stereocenters. The summed E-state index contributed by atoms with van der Waals surface area (Å²) in [5, 5.41) is 11.6. The summed E-state index contributed by atoms with van der Waals surface area (Å²) in [6, 6.07) is 19.1. The van der Waals surface area contributed by atoms with Crippen LogP contribution in [0.5, 0.6) is 0 Å². The van der Waals surface area contributed by atoms with E-state index in [1.54, 1.807) is 0 Å². The van der Waals surface area contributed by atoms with E-state index in [2.05, 4.69) is 93.9 Å². The molecule has 4 heterocycles. The Kier molecular flexibility index (Phi) is 6.03. The molecule has 0 amide bonds. The van der Waals surface area contributed by atoms with Crippen molar-refractivity contribution in [2.75, 3.05) is 48.0 Å². The third-order valence-electron chi connectivity index (χ3n) is 6.94. The number of anilines is 3. The lowest BCUT2D eigenvalue weighted by molar-refractivity contribution is 0.583. The van der Waals surface area contributed by atoms with Gasteiger partial charge in [-0.3, -0.25) is 0 Å². The summed E-state index contributed by atoms with van der Waals surface area (Å²) in [6.07, 6.45) is 3.95.